The number of morpholine rings is 1. The van der Waals surface area contributed by atoms with Gasteiger partial charge in [-0.1, -0.05) is 42.5 Å². The van der Waals surface area contributed by atoms with Crippen molar-refractivity contribution >= 4 is 23.2 Å². The Morgan fingerprint density at radius 2 is 1.65 bits per heavy atom. The summed E-state index contributed by atoms with van der Waals surface area (Å²) in [4.78, 5) is 28.1. The van der Waals surface area contributed by atoms with Crippen LogP contribution in [0.25, 0.3) is 0 Å². The largest absolute Gasteiger partial charge is 0.378 e. The molecule has 4 rings (SSSR count). The summed E-state index contributed by atoms with van der Waals surface area (Å²) in [5.41, 5.74) is 1.61. The molecular weight excluding hydrogens is 440 g/mol. The van der Waals surface area contributed by atoms with Gasteiger partial charge in [0.1, 0.15) is 17.7 Å². The van der Waals surface area contributed by atoms with Crippen LogP contribution in [0, 0.1) is 11.6 Å². The van der Waals surface area contributed by atoms with E-state index in [-0.39, 0.29) is 12.0 Å². The van der Waals surface area contributed by atoms with E-state index in [1.165, 1.54) is 30.3 Å². The highest BCUT2D eigenvalue weighted by atomic mass is 19.1. The number of amides is 2. The van der Waals surface area contributed by atoms with Crippen LogP contribution in [0.1, 0.15) is 15.9 Å². The smallest absolute Gasteiger partial charge is 0.254 e. The minimum absolute atomic E-state index is 0.159. The first-order valence-corrected chi connectivity index (χ1v) is 11.0. The molecule has 8 heteroatoms. The van der Waals surface area contributed by atoms with E-state index in [1.807, 2.05) is 35.2 Å². The normalized spacial score (nSPS) is 14.4. The lowest BCUT2D eigenvalue weighted by Gasteiger charge is -2.31. The van der Waals surface area contributed by atoms with Gasteiger partial charge >= 0.3 is 0 Å². The maximum absolute atomic E-state index is 14.1. The summed E-state index contributed by atoms with van der Waals surface area (Å²) in [7, 11) is 0. The van der Waals surface area contributed by atoms with E-state index in [2.05, 4.69) is 10.6 Å². The number of hydrogen-bond acceptors (Lipinski definition) is 4. The minimum atomic E-state index is -1.02. The predicted octanol–water partition coefficient (Wildman–Crippen LogP) is 3.78. The maximum Gasteiger partial charge on any atom is 0.254 e. The molecule has 1 unspecified atom stereocenters. The summed E-state index contributed by atoms with van der Waals surface area (Å²) < 4.78 is 33.6. The summed E-state index contributed by atoms with van der Waals surface area (Å²) in [6, 6.07) is 17.9. The Kier molecular flexibility index (Phi) is 7.49. The number of ether oxygens (including phenoxy) is 1. The fourth-order valence-electron chi connectivity index (χ4n) is 3.85. The molecule has 0 aromatic heterocycles. The van der Waals surface area contributed by atoms with Crippen LogP contribution in [0.4, 0.5) is 20.2 Å². The first kappa shape index (κ1) is 23.4. The molecule has 34 heavy (non-hydrogen) atoms. The second kappa shape index (κ2) is 10.9. The van der Waals surface area contributed by atoms with Crippen LogP contribution < -0.4 is 15.5 Å². The summed E-state index contributed by atoms with van der Waals surface area (Å²) in [6.45, 7) is 2.26. The van der Waals surface area contributed by atoms with Crippen LogP contribution >= 0.6 is 0 Å². The van der Waals surface area contributed by atoms with Crippen LogP contribution in [0.5, 0.6) is 0 Å². The Labute approximate surface area is 196 Å². The number of halogens is 2. The molecule has 176 valence electrons. The lowest BCUT2D eigenvalue weighted by Crippen LogP contribution is -2.45. The molecular formula is C26H25F2N3O3. The zero-order valence-corrected chi connectivity index (χ0v) is 18.5. The van der Waals surface area contributed by atoms with Crippen molar-refractivity contribution in [1.29, 1.82) is 0 Å². The molecule has 0 aliphatic carbocycles. The third kappa shape index (κ3) is 5.77. The van der Waals surface area contributed by atoms with Crippen molar-refractivity contribution < 1.29 is 23.1 Å². The quantitative estimate of drug-likeness (QED) is 0.557. The molecule has 1 saturated heterocycles. The van der Waals surface area contributed by atoms with Crippen molar-refractivity contribution in [2.45, 2.75) is 12.5 Å². The lowest BCUT2D eigenvalue weighted by molar-refractivity contribution is -0.118. The predicted molar refractivity (Wildman–Crippen MR) is 126 cm³/mol. The number of anilines is 2. The standard InChI is InChI=1S/C26H25F2N3O3/c27-19-10-11-24(31-12-14-34-15-13-31)22(17-19)29-26(33)23(16-18-6-2-1-3-7-18)30-25(32)20-8-4-5-9-21(20)28/h1-11,17,23H,12-16H2,(H,29,33)(H,30,32). The number of carbonyl (C=O) groups is 2. The van der Waals surface area contributed by atoms with Gasteiger partial charge in [0.15, 0.2) is 0 Å². The number of nitrogens with zero attached hydrogens (tertiary/aromatic N) is 1. The van der Waals surface area contributed by atoms with E-state index in [0.717, 1.165) is 5.56 Å². The minimum Gasteiger partial charge on any atom is -0.378 e. The molecule has 3 aromatic rings. The van der Waals surface area contributed by atoms with Crippen molar-refractivity contribution in [2.24, 2.45) is 0 Å². The average Bonchev–Trinajstić information content (AvgIpc) is 2.85. The van der Waals surface area contributed by atoms with Crippen LogP contribution in [0.3, 0.4) is 0 Å². The van der Waals surface area contributed by atoms with E-state index in [1.54, 1.807) is 12.1 Å². The Morgan fingerprint density at radius 1 is 0.941 bits per heavy atom. The molecule has 3 aromatic carbocycles. The molecule has 2 amide bonds. The number of hydrogen-bond donors (Lipinski definition) is 2. The van der Waals surface area contributed by atoms with E-state index >= 15 is 0 Å². The Bertz CT molecular complexity index is 1150. The van der Waals surface area contributed by atoms with Gasteiger partial charge in [-0.25, -0.2) is 8.78 Å². The number of benzene rings is 3. The molecule has 1 fully saturated rings. The topological polar surface area (TPSA) is 70.7 Å². The van der Waals surface area contributed by atoms with E-state index in [4.69, 9.17) is 4.74 Å². The van der Waals surface area contributed by atoms with Gasteiger partial charge in [-0.3, -0.25) is 9.59 Å². The van der Waals surface area contributed by atoms with Gasteiger partial charge in [-0.05, 0) is 35.9 Å². The van der Waals surface area contributed by atoms with E-state index in [9.17, 15) is 18.4 Å². The van der Waals surface area contributed by atoms with Crippen LogP contribution in [0.15, 0.2) is 72.8 Å². The Hall–Kier alpha value is -3.78. The number of nitrogens with one attached hydrogen (secondary N) is 2. The van der Waals surface area contributed by atoms with Gasteiger partial charge < -0.3 is 20.3 Å². The molecule has 0 radical (unpaired) electrons. The number of carbonyl (C=O) groups excluding carboxylic acids is 2. The summed E-state index contributed by atoms with van der Waals surface area (Å²) in [5.74, 6) is -2.42. The first-order chi connectivity index (χ1) is 16.5. The van der Waals surface area contributed by atoms with Gasteiger partial charge in [0.05, 0.1) is 30.2 Å². The third-order valence-corrected chi connectivity index (χ3v) is 5.59. The fourth-order valence-corrected chi connectivity index (χ4v) is 3.85. The van der Waals surface area contributed by atoms with E-state index < -0.39 is 29.5 Å². The van der Waals surface area contributed by atoms with Crippen molar-refractivity contribution in [3.05, 3.63) is 95.6 Å². The molecule has 1 atom stereocenters. The van der Waals surface area contributed by atoms with Gasteiger partial charge in [0.2, 0.25) is 5.91 Å². The Morgan fingerprint density at radius 3 is 2.38 bits per heavy atom. The lowest BCUT2D eigenvalue weighted by atomic mass is 10.0. The van der Waals surface area contributed by atoms with E-state index in [0.29, 0.717) is 37.7 Å². The van der Waals surface area contributed by atoms with Crippen molar-refractivity contribution in [2.75, 3.05) is 36.5 Å². The maximum atomic E-state index is 14.1. The highest BCUT2D eigenvalue weighted by Gasteiger charge is 2.25. The average molecular weight is 466 g/mol. The SMILES string of the molecule is O=C(NC(Cc1ccccc1)C(=O)Nc1cc(F)ccc1N1CCOCC1)c1ccccc1F. The van der Waals surface area contributed by atoms with Crippen LogP contribution in [0.2, 0.25) is 0 Å². The van der Waals surface area contributed by atoms with Gasteiger partial charge in [-0.15, -0.1) is 0 Å². The van der Waals surface area contributed by atoms with Gasteiger partial charge in [-0.2, -0.15) is 0 Å². The van der Waals surface area contributed by atoms with Crippen LogP contribution in [-0.2, 0) is 16.0 Å². The molecule has 0 spiro atoms. The molecule has 1 aliphatic heterocycles. The van der Waals surface area contributed by atoms with Crippen molar-refractivity contribution in [1.82, 2.24) is 5.32 Å². The molecule has 2 N–H and O–H groups in total. The second-order valence-corrected chi connectivity index (χ2v) is 7.95. The molecule has 0 saturated carbocycles. The van der Waals surface area contributed by atoms with Gasteiger partial charge in [0, 0.05) is 19.5 Å². The monoisotopic (exact) mass is 465 g/mol. The molecule has 1 heterocycles. The highest BCUT2D eigenvalue weighted by Crippen LogP contribution is 2.28. The molecule has 6 nitrogen and oxygen atoms in total. The highest BCUT2D eigenvalue weighted by molar-refractivity contribution is 6.02. The fraction of sp³-hybridized carbons (Fsp3) is 0.231. The summed E-state index contributed by atoms with van der Waals surface area (Å²) in [6.07, 6.45) is 0.176. The Balaban J connectivity index is 1.59. The molecule has 0 bridgehead atoms. The van der Waals surface area contributed by atoms with Crippen molar-refractivity contribution in [3.63, 3.8) is 0 Å². The zero-order chi connectivity index (χ0) is 23.9. The van der Waals surface area contributed by atoms with Gasteiger partial charge in [0.25, 0.3) is 5.91 Å². The third-order valence-electron chi connectivity index (χ3n) is 5.59. The van der Waals surface area contributed by atoms with Crippen LogP contribution in [-0.4, -0.2) is 44.2 Å². The summed E-state index contributed by atoms with van der Waals surface area (Å²) >= 11 is 0. The zero-order valence-electron chi connectivity index (χ0n) is 18.5. The summed E-state index contributed by atoms with van der Waals surface area (Å²) in [5, 5.41) is 5.41. The first-order valence-electron chi connectivity index (χ1n) is 11.0. The molecule has 1 aliphatic rings. The second-order valence-electron chi connectivity index (χ2n) is 7.95. The number of rotatable bonds is 7. The van der Waals surface area contributed by atoms with Crippen molar-refractivity contribution in [3.8, 4) is 0 Å².